The fraction of sp³-hybridized carbons (Fsp3) is 1.00. The molecule has 0 aromatic carbocycles. The number of rotatable bonds is 2. The normalized spacial score (nSPS) is 34.2. The van der Waals surface area contributed by atoms with Crippen LogP contribution in [0.4, 0.5) is 0 Å². The monoisotopic (exact) mass is 145 g/mol. The van der Waals surface area contributed by atoms with Crippen LogP contribution in [0.1, 0.15) is 12.8 Å². The Morgan fingerprint density at radius 3 is 3.00 bits per heavy atom. The molecule has 0 unspecified atom stereocenters. The van der Waals surface area contributed by atoms with Crippen molar-refractivity contribution in [3.8, 4) is 0 Å². The highest BCUT2D eigenvalue weighted by Gasteiger charge is 2.28. The van der Waals surface area contributed by atoms with E-state index >= 15 is 0 Å². The molecule has 60 valence electrons. The Kier molecular flexibility index (Phi) is 2.65. The van der Waals surface area contributed by atoms with E-state index in [1.54, 1.807) is 7.11 Å². The number of methoxy groups -OCH3 is 1. The molecule has 1 aliphatic rings. The molecule has 2 N–H and O–H groups in total. The second-order valence-corrected chi connectivity index (χ2v) is 2.94. The van der Waals surface area contributed by atoms with Crippen LogP contribution >= 0.6 is 0 Å². The van der Waals surface area contributed by atoms with Gasteiger partial charge in [0.1, 0.15) is 5.60 Å². The van der Waals surface area contributed by atoms with Gasteiger partial charge in [-0.25, -0.2) is 0 Å². The van der Waals surface area contributed by atoms with E-state index in [1.807, 2.05) is 0 Å². The summed E-state index contributed by atoms with van der Waals surface area (Å²) in [5.74, 6) is 0. The van der Waals surface area contributed by atoms with Gasteiger partial charge < -0.3 is 15.2 Å². The first-order valence-corrected chi connectivity index (χ1v) is 3.69. The van der Waals surface area contributed by atoms with E-state index in [1.165, 1.54) is 0 Å². The summed E-state index contributed by atoms with van der Waals surface area (Å²) in [5, 5.41) is 12.8. The summed E-state index contributed by atoms with van der Waals surface area (Å²) in [5.41, 5.74) is -0.604. The largest absolute Gasteiger partial charge is 0.386 e. The van der Waals surface area contributed by atoms with E-state index in [9.17, 15) is 5.11 Å². The van der Waals surface area contributed by atoms with Crippen molar-refractivity contribution in [3.05, 3.63) is 0 Å². The number of nitrogens with one attached hydrogen (secondary N) is 1. The van der Waals surface area contributed by atoms with Crippen molar-refractivity contribution in [2.45, 2.75) is 18.4 Å². The van der Waals surface area contributed by atoms with Crippen molar-refractivity contribution in [3.63, 3.8) is 0 Å². The summed E-state index contributed by atoms with van der Waals surface area (Å²) >= 11 is 0. The van der Waals surface area contributed by atoms with Crippen LogP contribution in [-0.4, -0.2) is 37.5 Å². The van der Waals surface area contributed by atoms with E-state index < -0.39 is 5.60 Å². The molecule has 0 aromatic heterocycles. The minimum absolute atomic E-state index is 0.444. The maximum absolute atomic E-state index is 9.68. The summed E-state index contributed by atoms with van der Waals surface area (Å²) in [7, 11) is 1.62. The summed E-state index contributed by atoms with van der Waals surface area (Å²) in [4.78, 5) is 0. The Morgan fingerprint density at radius 2 is 2.50 bits per heavy atom. The van der Waals surface area contributed by atoms with Gasteiger partial charge >= 0.3 is 0 Å². The Balaban J connectivity index is 2.32. The van der Waals surface area contributed by atoms with Crippen molar-refractivity contribution in [1.29, 1.82) is 0 Å². The van der Waals surface area contributed by atoms with E-state index in [0.29, 0.717) is 13.2 Å². The second-order valence-electron chi connectivity index (χ2n) is 2.94. The molecule has 0 spiro atoms. The minimum Gasteiger partial charge on any atom is -0.386 e. The molecule has 0 saturated carbocycles. The Labute approximate surface area is 61.4 Å². The first-order chi connectivity index (χ1) is 4.77. The van der Waals surface area contributed by atoms with Crippen LogP contribution in [0.3, 0.4) is 0 Å². The molecule has 3 heteroatoms. The van der Waals surface area contributed by atoms with Crippen LogP contribution in [0.15, 0.2) is 0 Å². The minimum atomic E-state index is -0.604. The van der Waals surface area contributed by atoms with Crippen LogP contribution in [0.5, 0.6) is 0 Å². The topological polar surface area (TPSA) is 41.5 Å². The predicted molar refractivity (Wildman–Crippen MR) is 38.9 cm³/mol. The molecule has 0 amide bonds. The first-order valence-electron chi connectivity index (χ1n) is 3.69. The molecule has 0 aromatic rings. The van der Waals surface area contributed by atoms with Crippen LogP contribution in [0.25, 0.3) is 0 Å². The molecule has 3 nitrogen and oxygen atoms in total. The zero-order chi connectivity index (χ0) is 7.45. The third-order valence-corrected chi connectivity index (χ3v) is 1.86. The Bertz CT molecular complexity index is 94.3. The van der Waals surface area contributed by atoms with E-state index in [-0.39, 0.29) is 0 Å². The second kappa shape index (κ2) is 3.32. The van der Waals surface area contributed by atoms with Crippen molar-refractivity contribution >= 4 is 0 Å². The average molecular weight is 145 g/mol. The summed E-state index contributed by atoms with van der Waals surface area (Å²) in [6.07, 6.45) is 1.90. The number of β-amino-alcohol motifs (C(OH)–C–C–N with tert-alkyl or cyclic N) is 1. The van der Waals surface area contributed by atoms with E-state index in [0.717, 1.165) is 19.4 Å². The lowest BCUT2D eigenvalue weighted by Gasteiger charge is -2.31. The molecule has 1 heterocycles. The first kappa shape index (κ1) is 7.98. The van der Waals surface area contributed by atoms with Crippen molar-refractivity contribution < 1.29 is 9.84 Å². The van der Waals surface area contributed by atoms with Gasteiger partial charge in [0.05, 0.1) is 6.61 Å². The average Bonchev–Trinajstić information content (AvgIpc) is 1.89. The van der Waals surface area contributed by atoms with Crippen molar-refractivity contribution in [1.82, 2.24) is 5.32 Å². The van der Waals surface area contributed by atoms with Crippen LogP contribution in [-0.2, 0) is 4.74 Å². The van der Waals surface area contributed by atoms with Gasteiger partial charge in [-0.3, -0.25) is 0 Å². The Morgan fingerprint density at radius 1 is 1.70 bits per heavy atom. The highest BCUT2D eigenvalue weighted by atomic mass is 16.5. The molecule has 0 bridgehead atoms. The maximum Gasteiger partial charge on any atom is 0.100 e. The molecular formula is C7H15NO2. The van der Waals surface area contributed by atoms with Gasteiger partial charge in [-0.05, 0) is 19.4 Å². The van der Waals surface area contributed by atoms with Crippen LogP contribution < -0.4 is 5.32 Å². The fourth-order valence-electron chi connectivity index (χ4n) is 1.34. The fourth-order valence-corrected chi connectivity index (χ4v) is 1.34. The number of hydrogen-bond acceptors (Lipinski definition) is 3. The molecule has 10 heavy (non-hydrogen) atoms. The predicted octanol–water partition coefficient (Wildman–Crippen LogP) is -0.253. The number of piperidine rings is 1. The summed E-state index contributed by atoms with van der Waals surface area (Å²) < 4.78 is 4.89. The van der Waals surface area contributed by atoms with Crippen molar-refractivity contribution in [2.24, 2.45) is 0 Å². The van der Waals surface area contributed by atoms with E-state index in [2.05, 4.69) is 5.32 Å². The van der Waals surface area contributed by atoms with E-state index in [4.69, 9.17) is 4.74 Å². The van der Waals surface area contributed by atoms with Gasteiger partial charge in [0.15, 0.2) is 0 Å². The van der Waals surface area contributed by atoms with Gasteiger partial charge in [0, 0.05) is 13.7 Å². The van der Waals surface area contributed by atoms with Crippen LogP contribution in [0, 0.1) is 0 Å². The molecule has 1 atom stereocenters. The molecule has 1 rings (SSSR count). The molecule has 1 fully saturated rings. The van der Waals surface area contributed by atoms with Gasteiger partial charge in [0.2, 0.25) is 0 Å². The van der Waals surface area contributed by atoms with Crippen LogP contribution in [0.2, 0.25) is 0 Å². The van der Waals surface area contributed by atoms with Gasteiger partial charge in [-0.2, -0.15) is 0 Å². The number of aliphatic hydroxyl groups is 1. The summed E-state index contributed by atoms with van der Waals surface area (Å²) in [6, 6.07) is 0. The van der Waals surface area contributed by atoms with Gasteiger partial charge in [-0.1, -0.05) is 0 Å². The number of ether oxygens (including phenoxy) is 1. The smallest absolute Gasteiger partial charge is 0.100 e. The molecular weight excluding hydrogens is 130 g/mol. The zero-order valence-electron chi connectivity index (χ0n) is 6.39. The quantitative estimate of drug-likeness (QED) is 0.563. The molecule has 1 aliphatic heterocycles. The number of hydrogen-bond donors (Lipinski definition) is 2. The molecule has 0 radical (unpaired) electrons. The maximum atomic E-state index is 9.68. The standard InChI is InChI=1S/C7H15NO2/c1-10-6-7(9)3-2-4-8-5-7/h8-9H,2-6H2,1H3/t7-/m1/s1. The lowest BCUT2D eigenvalue weighted by atomic mass is 9.95. The lowest BCUT2D eigenvalue weighted by molar-refractivity contribution is -0.0458. The molecule has 1 saturated heterocycles. The highest BCUT2D eigenvalue weighted by Crippen LogP contribution is 2.15. The lowest BCUT2D eigenvalue weighted by Crippen LogP contribution is -2.48. The van der Waals surface area contributed by atoms with Gasteiger partial charge in [0.25, 0.3) is 0 Å². The highest BCUT2D eigenvalue weighted by molar-refractivity contribution is 4.84. The molecule has 0 aliphatic carbocycles. The zero-order valence-corrected chi connectivity index (χ0v) is 6.39. The summed E-state index contributed by atoms with van der Waals surface area (Å²) in [6.45, 7) is 2.13. The Hall–Kier alpha value is -0.120. The third-order valence-electron chi connectivity index (χ3n) is 1.86. The SMILES string of the molecule is COC[C@@]1(O)CCCNC1. The van der Waals surface area contributed by atoms with Crippen molar-refractivity contribution in [2.75, 3.05) is 26.8 Å². The van der Waals surface area contributed by atoms with Gasteiger partial charge in [-0.15, -0.1) is 0 Å². The third kappa shape index (κ3) is 1.94.